The van der Waals surface area contributed by atoms with Crippen LogP contribution in [0.15, 0.2) is 42.7 Å². The summed E-state index contributed by atoms with van der Waals surface area (Å²) in [5.41, 5.74) is 1.51. The molecule has 0 spiro atoms. The zero-order chi connectivity index (χ0) is 12.8. The average Bonchev–Trinajstić information content (AvgIpc) is 2.41. The number of carbonyl (C=O) groups is 1. The van der Waals surface area contributed by atoms with Gasteiger partial charge in [0.25, 0.3) is 0 Å². The third-order valence-corrected chi connectivity index (χ3v) is 2.48. The molecule has 0 saturated heterocycles. The predicted molar refractivity (Wildman–Crippen MR) is 71.4 cm³/mol. The van der Waals surface area contributed by atoms with Crippen molar-refractivity contribution < 1.29 is 4.79 Å². The number of nitrogens with zero attached hydrogens (tertiary/aromatic N) is 2. The van der Waals surface area contributed by atoms with E-state index in [2.05, 4.69) is 15.3 Å². The molecule has 2 aromatic rings. The lowest BCUT2D eigenvalue weighted by Gasteiger charge is -2.04. The fourth-order valence-corrected chi connectivity index (χ4v) is 1.61. The van der Waals surface area contributed by atoms with E-state index in [1.54, 1.807) is 12.4 Å². The Hall–Kier alpha value is -1.94. The van der Waals surface area contributed by atoms with Gasteiger partial charge < -0.3 is 5.32 Å². The molecule has 0 saturated carbocycles. The molecule has 0 radical (unpaired) electrons. The second-order valence-corrected chi connectivity index (χ2v) is 4.03. The number of hydrogen-bond acceptors (Lipinski definition) is 3. The van der Waals surface area contributed by atoms with Crippen LogP contribution in [-0.2, 0) is 4.79 Å². The van der Waals surface area contributed by atoms with Crippen LogP contribution in [0, 0.1) is 0 Å². The van der Waals surface area contributed by atoms with Crippen LogP contribution in [0.1, 0.15) is 6.42 Å². The van der Waals surface area contributed by atoms with Crippen molar-refractivity contribution in [2.24, 2.45) is 0 Å². The molecule has 1 N–H and O–H groups in total. The lowest BCUT2D eigenvalue weighted by molar-refractivity contribution is -0.115. The highest BCUT2D eigenvalue weighted by atomic mass is 35.5. The summed E-state index contributed by atoms with van der Waals surface area (Å²) in [6, 6.07) is 9.65. The summed E-state index contributed by atoms with van der Waals surface area (Å²) in [6.45, 7) is 0. The van der Waals surface area contributed by atoms with Crippen LogP contribution in [-0.4, -0.2) is 21.8 Å². The maximum atomic E-state index is 11.3. The van der Waals surface area contributed by atoms with Gasteiger partial charge in [0.05, 0.1) is 18.1 Å². The second kappa shape index (κ2) is 6.12. The normalized spacial score (nSPS) is 10.1. The summed E-state index contributed by atoms with van der Waals surface area (Å²) in [6.07, 6.45) is 3.45. The molecule has 0 aliphatic heterocycles. The van der Waals surface area contributed by atoms with E-state index < -0.39 is 0 Å². The van der Waals surface area contributed by atoms with Crippen molar-refractivity contribution in [1.29, 1.82) is 0 Å². The minimum absolute atomic E-state index is 0.138. The number of rotatable bonds is 4. The quantitative estimate of drug-likeness (QED) is 0.861. The first-order valence-electron chi connectivity index (χ1n) is 5.53. The number of carbonyl (C=O) groups excluding carboxylic acids is 1. The largest absolute Gasteiger partial charge is 0.323 e. The van der Waals surface area contributed by atoms with Crippen LogP contribution in [0.3, 0.4) is 0 Å². The third-order valence-electron chi connectivity index (χ3n) is 2.29. The highest BCUT2D eigenvalue weighted by molar-refractivity contribution is 6.19. The molecule has 5 heteroatoms. The number of aromatic nitrogens is 2. The van der Waals surface area contributed by atoms with Gasteiger partial charge in [0.1, 0.15) is 0 Å². The topological polar surface area (TPSA) is 54.9 Å². The zero-order valence-corrected chi connectivity index (χ0v) is 10.4. The van der Waals surface area contributed by atoms with E-state index in [9.17, 15) is 4.79 Å². The average molecular weight is 262 g/mol. The van der Waals surface area contributed by atoms with E-state index in [1.165, 1.54) is 0 Å². The van der Waals surface area contributed by atoms with Crippen molar-refractivity contribution in [3.63, 3.8) is 0 Å². The number of alkyl halides is 1. The van der Waals surface area contributed by atoms with Gasteiger partial charge in [0, 0.05) is 17.9 Å². The molecular weight excluding hydrogens is 250 g/mol. The van der Waals surface area contributed by atoms with Gasteiger partial charge >= 0.3 is 0 Å². The number of hydrogen-bond donors (Lipinski definition) is 1. The van der Waals surface area contributed by atoms with E-state index in [0.717, 1.165) is 5.56 Å². The molecule has 2 rings (SSSR count). The molecule has 1 aromatic carbocycles. The van der Waals surface area contributed by atoms with Gasteiger partial charge in [0.15, 0.2) is 5.82 Å². The summed E-state index contributed by atoms with van der Waals surface area (Å²) in [4.78, 5) is 19.7. The number of nitrogens with one attached hydrogen (secondary N) is 1. The van der Waals surface area contributed by atoms with Gasteiger partial charge in [-0.05, 0) is 0 Å². The summed E-state index contributed by atoms with van der Waals surface area (Å²) in [5, 5.41) is 2.67. The molecule has 4 nitrogen and oxygen atoms in total. The number of halogens is 1. The smallest absolute Gasteiger partial charge is 0.225 e. The molecular formula is C13H12ClN3O. The van der Waals surface area contributed by atoms with Gasteiger partial charge in [0.2, 0.25) is 5.91 Å². The lowest BCUT2D eigenvalue weighted by Crippen LogP contribution is -2.12. The SMILES string of the molecule is O=C(CCCl)Nc1cnc(-c2ccccc2)nc1. The summed E-state index contributed by atoms with van der Waals surface area (Å²) in [7, 11) is 0. The first-order chi connectivity index (χ1) is 8.79. The van der Waals surface area contributed by atoms with Gasteiger partial charge in [-0.3, -0.25) is 4.79 Å². The summed E-state index contributed by atoms with van der Waals surface area (Å²) in [5.74, 6) is 0.793. The summed E-state index contributed by atoms with van der Waals surface area (Å²) < 4.78 is 0. The van der Waals surface area contributed by atoms with Crippen molar-refractivity contribution in [2.75, 3.05) is 11.2 Å². The molecule has 0 aliphatic rings. The Morgan fingerprint density at radius 2 is 1.83 bits per heavy atom. The van der Waals surface area contributed by atoms with Crippen molar-refractivity contribution >= 4 is 23.2 Å². The van der Waals surface area contributed by atoms with Gasteiger partial charge in [-0.1, -0.05) is 30.3 Å². The van der Waals surface area contributed by atoms with Gasteiger partial charge in [-0.25, -0.2) is 9.97 Å². The van der Waals surface area contributed by atoms with E-state index >= 15 is 0 Å². The Morgan fingerprint density at radius 3 is 2.44 bits per heavy atom. The Labute approximate surface area is 110 Å². The fourth-order valence-electron chi connectivity index (χ4n) is 1.44. The minimum Gasteiger partial charge on any atom is -0.323 e. The van der Waals surface area contributed by atoms with Crippen molar-refractivity contribution in [3.05, 3.63) is 42.7 Å². The molecule has 1 aromatic heterocycles. The standard InChI is InChI=1S/C13H12ClN3O/c14-7-6-12(18)17-11-8-15-13(16-9-11)10-4-2-1-3-5-10/h1-5,8-9H,6-7H2,(H,17,18). The minimum atomic E-state index is -0.138. The van der Waals surface area contributed by atoms with E-state index in [0.29, 0.717) is 17.4 Å². The molecule has 0 aliphatic carbocycles. The van der Waals surface area contributed by atoms with Crippen LogP contribution in [0.2, 0.25) is 0 Å². The van der Waals surface area contributed by atoms with Crippen LogP contribution >= 0.6 is 11.6 Å². The Morgan fingerprint density at radius 1 is 1.17 bits per heavy atom. The summed E-state index contributed by atoms with van der Waals surface area (Å²) >= 11 is 5.48. The van der Waals surface area contributed by atoms with Crippen LogP contribution in [0.5, 0.6) is 0 Å². The van der Waals surface area contributed by atoms with Gasteiger partial charge in [-0.15, -0.1) is 11.6 Å². The van der Waals surface area contributed by atoms with Crippen molar-refractivity contribution in [3.8, 4) is 11.4 Å². The van der Waals surface area contributed by atoms with Crippen molar-refractivity contribution in [2.45, 2.75) is 6.42 Å². The molecule has 92 valence electrons. The van der Waals surface area contributed by atoms with Gasteiger partial charge in [-0.2, -0.15) is 0 Å². The maximum Gasteiger partial charge on any atom is 0.225 e. The number of anilines is 1. The van der Waals surface area contributed by atoms with E-state index in [4.69, 9.17) is 11.6 Å². The first-order valence-corrected chi connectivity index (χ1v) is 6.06. The second-order valence-electron chi connectivity index (χ2n) is 3.65. The van der Waals surface area contributed by atoms with Crippen LogP contribution in [0.4, 0.5) is 5.69 Å². The molecule has 1 amide bonds. The first kappa shape index (κ1) is 12.5. The molecule has 0 bridgehead atoms. The lowest BCUT2D eigenvalue weighted by atomic mass is 10.2. The Balaban J connectivity index is 2.09. The fraction of sp³-hybridized carbons (Fsp3) is 0.154. The predicted octanol–water partition coefficient (Wildman–Crippen LogP) is 2.71. The number of benzene rings is 1. The molecule has 18 heavy (non-hydrogen) atoms. The Kier molecular flexibility index (Phi) is 4.25. The van der Waals surface area contributed by atoms with Crippen molar-refractivity contribution in [1.82, 2.24) is 9.97 Å². The van der Waals surface area contributed by atoms with E-state index in [-0.39, 0.29) is 12.3 Å². The van der Waals surface area contributed by atoms with Crippen LogP contribution in [0.25, 0.3) is 11.4 Å². The third kappa shape index (κ3) is 3.28. The molecule has 0 atom stereocenters. The number of amides is 1. The monoisotopic (exact) mass is 261 g/mol. The van der Waals surface area contributed by atoms with Crippen LogP contribution < -0.4 is 5.32 Å². The highest BCUT2D eigenvalue weighted by Crippen LogP contribution is 2.14. The zero-order valence-electron chi connectivity index (χ0n) is 9.64. The molecule has 0 fully saturated rings. The molecule has 1 heterocycles. The van der Waals surface area contributed by atoms with E-state index in [1.807, 2.05) is 30.3 Å². The Bertz CT molecular complexity index is 514. The highest BCUT2D eigenvalue weighted by Gasteiger charge is 2.03. The maximum absolute atomic E-state index is 11.3. The molecule has 0 unspecified atom stereocenters.